The molecule has 1 aromatic carbocycles. The van der Waals surface area contributed by atoms with Crippen molar-refractivity contribution in [3.8, 4) is 0 Å². The highest BCUT2D eigenvalue weighted by molar-refractivity contribution is 9.10. The molecule has 1 radical (unpaired) electrons. The average molecular weight is 200 g/mol. The van der Waals surface area contributed by atoms with E-state index < -0.39 is 0 Å². The first-order valence-electron chi connectivity index (χ1n) is 2.72. The normalized spacial score (nSPS) is 9.40. The lowest BCUT2D eigenvalue weighted by molar-refractivity contribution is 0.621. The van der Waals surface area contributed by atoms with Crippen molar-refractivity contribution in [3.05, 3.63) is 46.7 Å². The summed E-state index contributed by atoms with van der Waals surface area (Å²) in [6.45, 7) is 3.43. The molecule has 0 nitrogen and oxygen atoms in total. The van der Waals surface area contributed by atoms with E-state index in [1.54, 1.807) is 12.1 Å². The van der Waals surface area contributed by atoms with Crippen LogP contribution >= 0.6 is 15.9 Å². The molecule has 51 valence electrons. The van der Waals surface area contributed by atoms with Gasteiger partial charge >= 0.3 is 0 Å². The van der Waals surface area contributed by atoms with Gasteiger partial charge < -0.3 is 0 Å². The minimum atomic E-state index is -0.265. The van der Waals surface area contributed by atoms with E-state index >= 15 is 0 Å². The molecule has 10 heavy (non-hydrogen) atoms. The molecule has 0 N–H and O–H groups in total. The van der Waals surface area contributed by atoms with Gasteiger partial charge in [0.1, 0.15) is 5.82 Å². The van der Waals surface area contributed by atoms with Gasteiger partial charge in [0.15, 0.2) is 0 Å². The molecule has 0 amide bonds. The van der Waals surface area contributed by atoms with Crippen LogP contribution in [0.15, 0.2) is 29.3 Å². The zero-order chi connectivity index (χ0) is 7.56. The SMILES string of the molecule is C=[C]c1ccc(F)c(Br)c1. The zero-order valence-electron chi connectivity index (χ0n) is 5.20. The highest BCUT2D eigenvalue weighted by atomic mass is 79.9. The molecule has 0 spiro atoms. The Hall–Kier alpha value is -0.630. The van der Waals surface area contributed by atoms with Crippen molar-refractivity contribution in [2.75, 3.05) is 0 Å². The smallest absolute Gasteiger partial charge is 0.137 e. The highest BCUT2D eigenvalue weighted by Crippen LogP contribution is 2.16. The molecule has 0 atom stereocenters. The van der Waals surface area contributed by atoms with Gasteiger partial charge in [-0.25, -0.2) is 4.39 Å². The van der Waals surface area contributed by atoms with E-state index in [2.05, 4.69) is 28.6 Å². The third-order valence-electron chi connectivity index (χ3n) is 1.12. The van der Waals surface area contributed by atoms with Crippen LogP contribution in [0.3, 0.4) is 0 Å². The summed E-state index contributed by atoms with van der Waals surface area (Å²) < 4.78 is 13.0. The summed E-state index contributed by atoms with van der Waals surface area (Å²) in [6, 6.07) is 4.62. The van der Waals surface area contributed by atoms with Gasteiger partial charge in [-0.05, 0) is 39.7 Å². The van der Waals surface area contributed by atoms with Crippen LogP contribution < -0.4 is 0 Å². The Morgan fingerprint density at radius 1 is 1.50 bits per heavy atom. The first-order chi connectivity index (χ1) is 4.74. The molecule has 0 fully saturated rings. The molecule has 0 saturated heterocycles. The molecule has 0 aliphatic rings. The quantitative estimate of drug-likeness (QED) is 0.653. The van der Waals surface area contributed by atoms with Crippen LogP contribution in [0, 0.1) is 11.9 Å². The summed E-state index contributed by atoms with van der Waals surface area (Å²) in [7, 11) is 0. The molecular weight excluding hydrogens is 195 g/mol. The van der Waals surface area contributed by atoms with E-state index in [0.29, 0.717) is 4.47 Å². The minimum Gasteiger partial charge on any atom is -0.206 e. The van der Waals surface area contributed by atoms with Crippen LogP contribution in [-0.4, -0.2) is 0 Å². The van der Waals surface area contributed by atoms with Crippen LogP contribution in [0.5, 0.6) is 0 Å². The second-order valence-corrected chi connectivity index (χ2v) is 2.66. The first kappa shape index (κ1) is 7.48. The lowest BCUT2D eigenvalue weighted by Gasteiger charge is -1.94. The van der Waals surface area contributed by atoms with Gasteiger partial charge in [0.25, 0.3) is 0 Å². The van der Waals surface area contributed by atoms with E-state index in [9.17, 15) is 4.39 Å². The van der Waals surface area contributed by atoms with Crippen molar-refractivity contribution in [1.82, 2.24) is 0 Å². The molecular formula is C8H5BrF. The van der Waals surface area contributed by atoms with Crippen LogP contribution in [0.2, 0.25) is 0 Å². The van der Waals surface area contributed by atoms with Crippen LogP contribution in [0.4, 0.5) is 4.39 Å². The molecule has 2 heteroatoms. The molecule has 0 heterocycles. The van der Waals surface area contributed by atoms with E-state index in [1.165, 1.54) is 6.07 Å². The summed E-state index contributed by atoms with van der Waals surface area (Å²) in [5.74, 6) is -0.265. The third-order valence-corrected chi connectivity index (χ3v) is 1.73. The molecule has 1 rings (SSSR count). The van der Waals surface area contributed by atoms with E-state index in [1.807, 2.05) is 0 Å². The standard InChI is InChI=1S/C8H5BrF/c1-2-6-3-4-8(10)7(9)5-6/h3-5H,1H2. The Morgan fingerprint density at radius 3 is 2.70 bits per heavy atom. The monoisotopic (exact) mass is 199 g/mol. The van der Waals surface area contributed by atoms with Crippen LogP contribution in [-0.2, 0) is 0 Å². The number of benzene rings is 1. The molecule has 0 unspecified atom stereocenters. The number of rotatable bonds is 1. The maximum atomic E-state index is 12.5. The van der Waals surface area contributed by atoms with Crippen molar-refractivity contribution in [3.63, 3.8) is 0 Å². The fourth-order valence-corrected chi connectivity index (χ4v) is 0.985. The average Bonchev–Trinajstić information content (AvgIpc) is 1.95. The summed E-state index contributed by atoms with van der Waals surface area (Å²) in [5.41, 5.74) is 0.785. The molecule has 0 aliphatic carbocycles. The topological polar surface area (TPSA) is 0 Å². The maximum Gasteiger partial charge on any atom is 0.137 e. The fraction of sp³-hybridized carbons (Fsp3) is 0. The summed E-state index contributed by atoms with van der Waals surface area (Å²) in [5, 5.41) is 0. The Morgan fingerprint density at radius 2 is 2.20 bits per heavy atom. The fourth-order valence-electron chi connectivity index (χ4n) is 0.606. The number of halogens is 2. The van der Waals surface area contributed by atoms with E-state index in [4.69, 9.17) is 0 Å². The van der Waals surface area contributed by atoms with Gasteiger partial charge in [0, 0.05) is 0 Å². The Kier molecular flexibility index (Phi) is 2.22. The maximum absolute atomic E-state index is 12.5. The molecule has 0 aliphatic heterocycles. The van der Waals surface area contributed by atoms with Crippen molar-refractivity contribution in [2.45, 2.75) is 0 Å². The summed E-state index contributed by atoms with van der Waals surface area (Å²) in [6.07, 6.45) is 2.65. The van der Waals surface area contributed by atoms with Crippen molar-refractivity contribution in [1.29, 1.82) is 0 Å². The lowest BCUT2D eigenvalue weighted by atomic mass is 10.2. The van der Waals surface area contributed by atoms with Crippen LogP contribution in [0.25, 0.3) is 0 Å². The van der Waals surface area contributed by atoms with Gasteiger partial charge in [-0.3, -0.25) is 0 Å². The minimum absolute atomic E-state index is 0.265. The van der Waals surface area contributed by atoms with Gasteiger partial charge in [-0.2, -0.15) is 0 Å². The second kappa shape index (κ2) is 2.97. The number of hydrogen-bond acceptors (Lipinski definition) is 0. The Labute approximate surface area is 67.5 Å². The third kappa shape index (κ3) is 1.45. The van der Waals surface area contributed by atoms with Gasteiger partial charge in [-0.15, -0.1) is 0 Å². The predicted molar refractivity (Wildman–Crippen MR) is 42.1 cm³/mol. The molecule has 0 aromatic heterocycles. The highest BCUT2D eigenvalue weighted by Gasteiger charge is 1.96. The van der Waals surface area contributed by atoms with E-state index in [0.717, 1.165) is 5.56 Å². The van der Waals surface area contributed by atoms with Crippen molar-refractivity contribution >= 4 is 15.9 Å². The van der Waals surface area contributed by atoms with Gasteiger partial charge in [0.05, 0.1) is 4.47 Å². The van der Waals surface area contributed by atoms with Crippen molar-refractivity contribution in [2.24, 2.45) is 0 Å². The number of hydrogen-bond donors (Lipinski definition) is 0. The van der Waals surface area contributed by atoms with Gasteiger partial charge in [0.2, 0.25) is 0 Å². The lowest BCUT2D eigenvalue weighted by Crippen LogP contribution is -1.78. The molecule has 0 bridgehead atoms. The largest absolute Gasteiger partial charge is 0.206 e. The molecule has 1 aromatic rings. The van der Waals surface area contributed by atoms with Gasteiger partial charge in [-0.1, -0.05) is 12.6 Å². The van der Waals surface area contributed by atoms with Crippen molar-refractivity contribution < 1.29 is 4.39 Å². The predicted octanol–water partition coefficient (Wildman–Crippen LogP) is 2.93. The Bertz CT molecular complexity index is 255. The zero-order valence-corrected chi connectivity index (χ0v) is 6.78. The second-order valence-electron chi connectivity index (χ2n) is 1.81. The van der Waals surface area contributed by atoms with Crippen LogP contribution in [0.1, 0.15) is 5.56 Å². The molecule has 0 saturated carbocycles. The first-order valence-corrected chi connectivity index (χ1v) is 3.51. The summed E-state index contributed by atoms with van der Waals surface area (Å²) >= 11 is 3.04. The Balaban J connectivity index is 3.16. The summed E-state index contributed by atoms with van der Waals surface area (Å²) in [4.78, 5) is 0. The van der Waals surface area contributed by atoms with E-state index in [-0.39, 0.29) is 5.82 Å².